The van der Waals surface area contributed by atoms with Crippen molar-refractivity contribution in [2.75, 3.05) is 14.2 Å². The maximum absolute atomic E-state index is 13.5. The molecule has 0 bridgehead atoms. The molecule has 4 N–H and O–H groups in total. The number of nitrogens with zero attached hydrogens (tertiary/aromatic N) is 3. The lowest BCUT2D eigenvalue weighted by atomic mass is 9.82. The summed E-state index contributed by atoms with van der Waals surface area (Å²) in [6.45, 7) is 0. The summed E-state index contributed by atoms with van der Waals surface area (Å²) in [4.78, 5) is 0. The predicted octanol–water partition coefficient (Wildman–Crippen LogP) is 3.84. The minimum Gasteiger partial charge on any atom is -0.493 e. The Morgan fingerprint density at radius 1 is 1.03 bits per heavy atom. The number of allylic oxidation sites excluding steroid dienone is 1. The van der Waals surface area contributed by atoms with Crippen molar-refractivity contribution in [3.63, 3.8) is 0 Å². The second-order valence-electron chi connectivity index (χ2n) is 7.52. The number of halogens is 1. The van der Waals surface area contributed by atoms with E-state index in [9.17, 15) is 9.65 Å². The fourth-order valence-corrected chi connectivity index (χ4v) is 4.13. The first-order valence-corrected chi connectivity index (χ1v) is 10.2. The molecule has 0 spiro atoms. The van der Waals surface area contributed by atoms with Crippen molar-refractivity contribution in [2.45, 2.75) is 5.92 Å². The van der Waals surface area contributed by atoms with Crippen LogP contribution in [0.15, 0.2) is 60.1 Å². The fraction of sp³-hybridized carbons (Fsp3) is 0.125. The van der Waals surface area contributed by atoms with Gasteiger partial charge < -0.3 is 19.9 Å². The summed E-state index contributed by atoms with van der Waals surface area (Å²) in [5.41, 5.74) is 10.3. The van der Waals surface area contributed by atoms with Gasteiger partial charge in [-0.3, -0.25) is 10.2 Å². The Balaban J connectivity index is 1.71. The normalized spacial score (nSPS) is 14.8. The monoisotopic (exact) mass is 458 g/mol. The van der Waals surface area contributed by atoms with E-state index in [-0.39, 0.29) is 23.2 Å². The van der Waals surface area contributed by atoms with Crippen LogP contribution in [0.5, 0.6) is 17.4 Å². The highest BCUT2D eigenvalue weighted by Crippen LogP contribution is 2.48. The van der Waals surface area contributed by atoms with Crippen LogP contribution in [0.1, 0.15) is 17.0 Å². The first-order valence-electron chi connectivity index (χ1n) is 10.2. The Kier molecular flexibility index (Phi) is 5.14. The summed E-state index contributed by atoms with van der Waals surface area (Å²) in [5, 5.41) is 24.5. The quantitative estimate of drug-likeness (QED) is 0.413. The van der Waals surface area contributed by atoms with Crippen molar-refractivity contribution in [1.29, 1.82) is 5.26 Å². The molecule has 34 heavy (non-hydrogen) atoms. The van der Waals surface area contributed by atoms with Crippen LogP contribution in [0.4, 0.5) is 4.39 Å². The van der Waals surface area contributed by atoms with Crippen LogP contribution in [0.25, 0.3) is 22.5 Å². The number of aromatic nitrogens is 4. The van der Waals surface area contributed by atoms with E-state index in [0.29, 0.717) is 39.6 Å². The van der Waals surface area contributed by atoms with Gasteiger partial charge in [-0.15, -0.1) is 5.10 Å². The lowest BCUT2D eigenvalue weighted by Crippen LogP contribution is -2.21. The number of fused-ring (bicyclic) bond motifs is 1. The fourth-order valence-electron chi connectivity index (χ4n) is 4.13. The van der Waals surface area contributed by atoms with Crippen molar-refractivity contribution in [1.82, 2.24) is 20.4 Å². The Morgan fingerprint density at radius 2 is 1.76 bits per heavy atom. The first-order chi connectivity index (χ1) is 16.5. The molecular weight excluding hydrogens is 439 g/mol. The average molecular weight is 458 g/mol. The SMILES string of the molecule is COc1ccc(-c2[nH]nc3c2C(c2cn[nH]c2-c2ccc(F)cc2)C(C#N)=C(N)O3)cc1OC. The minimum absolute atomic E-state index is 0.0448. The van der Waals surface area contributed by atoms with E-state index in [1.807, 2.05) is 6.07 Å². The number of hydrogen-bond donors (Lipinski definition) is 3. The molecule has 170 valence electrons. The molecule has 0 amide bonds. The maximum atomic E-state index is 13.5. The standard InChI is InChI=1S/C24H19FN6O3/c1-32-17-8-5-13(9-18(17)33-2)22-20-19(15(10-26)23(27)34-24(20)31-30-22)16-11-28-29-21(16)12-3-6-14(25)7-4-12/h3-9,11,19H,27H2,1-2H3,(H,28,29)(H,30,31). The summed E-state index contributed by atoms with van der Waals surface area (Å²) in [6, 6.07) is 13.6. The van der Waals surface area contributed by atoms with Gasteiger partial charge in [0.1, 0.15) is 17.5 Å². The van der Waals surface area contributed by atoms with Crippen molar-refractivity contribution in [3.05, 3.63) is 77.1 Å². The summed E-state index contributed by atoms with van der Waals surface area (Å²) in [5.74, 6) is 0.305. The van der Waals surface area contributed by atoms with Crippen LogP contribution in [0.2, 0.25) is 0 Å². The van der Waals surface area contributed by atoms with Crippen LogP contribution in [-0.4, -0.2) is 34.6 Å². The molecule has 0 saturated carbocycles. The highest BCUT2D eigenvalue weighted by atomic mass is 19.1. The molecule has 2 aromatic carbocycles. The Hall–Kier alpha value is -4.78. The number of benzene rings is 2. The molecule has 0 saturated heterocycles. The van der Waals surface area contributed by atoms with Gasteiger partial charge in [-0.25, -0.2) is 4.39 Å². The Morgan fingerprint density at radius 3 is 2.47 bits per heavy atom. The molecule has 0 aliphatic carbocycles. The zero-order valence-electron chi connectivity index (χ0n) is 18.2. The van der Waals surface area contributed by atoms with Crippen molar-refractivity contribution < 1.29 is 18.6 Å². The van der Waals surface area contributed by atoms with Crippen LogP contribution in [0, 0.1) is 17.1 Å². The van der Waals surface area contributed by atoms with Crippen molar-refractivity contribution in [2.24, 2.45) is 5.73 Å². The topological polar surface area (TPSA) is 135 Å². The van der Waals surface area contributed by atoms with Crippen LogP contribution < -0.4 is 19.9 Å². The molecule has 1 aliphatic rings. The predicted molar refractivity (Wildman–Crippen MR) is 120 cm³/mol. The minimum atomic E-state index is -0.644. The van der Waals surface area contributed by atoms with E-state index < -0.39 is 5.92 Å². The van der Waals surface area contributed by atoms with E-state index in [1.165, 1.54) is 12.1 Å². The number of nitrogens with two attached hydrogens (primary N) is 1. The third kappa shape index (κ3) is 3.31. The second kappa shape index (κ2) is 8.29. The zero-order chi connectivity index (χ0) is 23.8. The molecule has 2 aromatic heterocycles. The number of methoxy groups -OCH3 is 2. The van der Waals surface area contributed by atoms with Crippen LogP contribution in [0.3, 0.4) is 0 Å². The molecule has 5 rings (SSSR count). The molecule has 1 aliphatic heterocycles. The number of rotatable bonds is 5. The summed E-state index contributed by atoms with van der Waals surface area (Å²) >= 11 is 0. The van der Waals surface area contributed by atoms with Gasteiger partial charge in [0, 0.05) is 16.7 Å². The summed E-state index contributed by atoms with van der Waals surface area (Å²) in [7, 11) is 3.11. The van der Waals surface area contributed by atoms with E-state index in [0.717, 1.165) is 5.56 Å². The number of nitriles is 1. The number of ether oxygens (including phenoxy) is 3. The van der Waals surface area contributed by atoms with Crippen molar-refractivity contribution >= 4 is 0 Å². The van der Waals surface area contributed by atoms with Gasteiger partial charge in [0.05, 0.1) is 43.3 Å². The molecule has 1 atom stereocenters. The van der Waals surface area contributed by atoms with Gasteiger partial charge in [-0.2, -0.15) is 10.4 Å². The highest BCUT2D eigenvalue weighted by Gasteiger charge is 2.37. The Bertz CT molecular complexity index is 1450. The first kappa shape index (κ1) is 21.1. The third-order valence-electron chi connectivity index (χ3n) is 5.72. The van der Waals surface area contributed by atoms with Gasteiger partial charge in [-0.05, 0) is 42.5 Å². The maximum Gasteiger partial charge on any atom is 0.244 e. The van der Waals surface area contributed by atoms with Gasteiger partial charge in [0.2, 0.25) is 11.8 Å². The average Bonchev–Trinajstić information content (AvgIpc) is 3.50. The van der Waals surface area contributed by atoms with Crippen LogP contribution in [-0.2, 0) is 0 Å². The highest BCUT2D eigenvalue weighted by molar-refractivity contribution is 5.75. The Labute approximate surface area is 193 Å². The third-order valence-corrected chi connectivity index (χ3v) is 5.72. The van der Waals surface area contributed by atoms with Crippen LogP contribution >= 0.6 is 0 Å². The van der Waals surface area contributed by atoms with E-state index in [4.69, 9.17) is 19.9 Å². The zero-order valence-corrected chi connectivity index (χ0v) is 18.2. The van der Waals surface area contributed by atoms with Gasteiger partial charge >= 0.3 is 0 Å². The lowest BCUT2D eigenvalue weighted by molar-refractivity contribution is 0.355. The molecule has 0 radical (unpaired) electrons. The lowest BCUT2D eigenvalue weighted by Gasteiger charge is -2.24. The number of nitrogens with one attached hydrogen (secondary N) is 2. The number of aromatic amines is 2. The number of H-pyrrole nitrogens is 2. The van der Waals surface area contributed by atoms with E-state index in [1.54, 1.807) is 44.7 Å². The summed E-state index contributed by atoms with van der Waals surface area (Å²) in [6.07, 6.45) is 1.62. The molecule has 3 heterocycles. The van der Waals surface area contributed by atoms with Gasteiger partial charge in [-0.1, -0.05) is 0 Å². The van der Waals surface area contributed by atoms with Gasteiger partial charge in [0.25, 0.3) is 0 Å². The molecule has 1 unspecified atom stereocenters. The van der Waals surface area contributed by atoms with E-state index in [2.05, 4.69) is 26.5 Å². The molecule has 10 heteroatoms. The van der Waals surface area contributed by atoms with Crippen molar-refractivity contribution in [3.8, 4) is 46.0 Å². The smallest absolute Gasteiger partial charge is 0.244 e. The molecular formula is C24H19FN6O3. The molecule has 9 nitrogen and oxygen atoms in total. The molecule has 0 fully saturated rings. The number of hydrogen-bond acceptors (Lipinski definition) is 7. The van der Waals surface area contributed by atoms with Gasteiger partial charge in [0.15, 0.2) is 11.5 Å². The molecule has 4 aromatic rings. The summed E-state index contributed by atoms with van der Waals surface area (Å²) < 4.78 is 30.0. The van der Waals surface area contributed by atoms with E-state index >= 15 is 0 Å². The largest absolute Gasteiger partial charge is 0.493 e. The second-order valence-corrected chi connectivity index (χ2v) is 7.52.